The van der Waals surface area contributed by atoms with Crippen LogP contribution in [0.2, 0.25) is 0 Å². The van der Waals surface area contributed by atoms with Gasteiger partial charge in [0.15, 0.2) is 23.9 Å². The van der Waals surface area contributed by atoms with Crippen LogP contribution in [0.5, 0.6) is 11.5 Å². The summed E-state index contributed by atoms with van der Waals surface area (Å²) in [4.78, 5) is 25.0. The summed E-state index contributed by atoms with van der Waals surface area (Å²) >= 11 is 3.41. The summed E-state index contributed by atoms with van der Waals surface area (Å²) in [6.45, 7) is 5.13. The van der Waals surface area contributed by atoms with Crippen molar-refractivity contribution in [2.45, 2.75) is 27.2 Å². The lowest BCUT2D eigenvalue weighted by atomic mass is 10.1. The quantitative estimate of drug-likeness (QED) is 0.346. The number of hydrogen-bond donors (Lipinski definition) is 0. The van der Waals surface area contributed by atoms with E-state index in [9.17, 15) is 9.59 Å². The van der Waals surface area contributed by atoms with Crippen LogP contribution in [0, 0.1) is 20.8 Å². The van der Waals surface area contributed by atoms with Crippen LogP contribution >= 0.6 is 15.9 Å². The molecule has 164 valence electrons. The average molecular weight is 491 g/mol. The van der Waals surface area contributed by atoms with Gasteiger partial charge in [-0.05, 0) is 44.5 Å². The van der Waals surface area contributed by atoms with E-state index in [1.165, 1.54) is 14.2 Å². The monoisotopic (exact) mass is 490 g/mol. The fraction of sp³-hybridized carbons (Fsp3) is 0.318. The predicted molar refractivity (Wildman–Crippen MR) is 116 cm³/mol. The van der Waals surface area contributed by atoms with Gasteiger partial charge >= 0.3 is 5.97 Å². The molecule has 3 aromatic rings. The Hall–Kier alpha value is -3.07. The van der Waals surface area contributed by atoms with Crippen LogP contribution in [-0.4, -0.2) is 42.3 Å². The molecule has 0 aliphatic carbocycles. The number of benzene rings is 1. The van der Waals surface area contributed by atoms with E-state index in [1.54, 1.807) is 31.2 Å². The highest BCUT2D eigenvalue weighted by molar-refractivity contribution is 9.10. The number of hydrogen-bond acceptors (Lipinski definition) is 7. The predicted octanol–water partition coefficient (Wildman–Crippen LogP) is 4.14. The van der Waals surface area contributed by atoms with E-state index < -0.39 is 5.97 Å². The summed E-state index contributed by atoms with van der Waals surface area (Å²) in [5.41, 5.74) is 2.66. The molecular formula is C22H23BrN2O6. The Bertz CT molecular complexity index is 1130. The number of ketones is 1. The van der Waals surface area contributed by atoms with Gasteiger partial charge in [0.2, 0.25) is 5.78 Å². The molecule has 0 radical (unpaired) electrons. The summed E-state index contributed by atoms with van der Waals surface area (Å²) < 4.78 is 23.4. The lowest BCUT2D eigenvalue weighted by molar-refractivity contribution is -0.141. The summed E-state index contributed by atoms with van der Waals surface area (Å²) in [5.74, 6) is 1.49. The van der Waals surface area contributed by atoms with Gasteiger partial charge in [-0.15, -0.1) is 0 Å². The van der Waals surface area contributed by atoms with Crippen LogP contribution in [0.4, 0.5) is 0 Å². The Morgan fingerprint density at radius 3 is 2.35 bits per heavy atom. The molecule has 0 aliphatic rings. The minimum atomic E-state index is -0.526. The first-order valence-corrected chi connectivity index (χ1v) is 10.3. The number of rotatable bonds is 8. The molecule has 0 atom stereocenters. The van der Waals surface area contributed by atoms with Crippen molar-refractivity contribution in [2.75, 3.05) is 20.8 Å². The molecule has 8 nitrogen and oxygen atoms in total. The highest BCUT2D eigenvalue weighted by Crippen LogP contribution is 2.33. The van der Waals surface area contributed by atoms with E-state index in [-0.39, 0.29) is 18.8 Å². The first kappa shape index (κ1) is 22.6. The van der Waals surface area contributed by atoms with Crippen molar-refractivity contribution in [1.29, 1.82) is 0 Å². The van der Waals surface area contributed by atoms with Crippen LogP contribution in [0.25, 0.3) is 5.82 Å². The number of esters is 1. The van der Waals surface area contributed by atoms with E-state index >= 15 is 0 Å². The first-order chi connectivity index (χ1) is 14.7. The second-order valence-corrected chi connectivity index (χ2v) is 7.83. The normalized spacial score (nSPS) is 10.8. The highest BCUT2D eigenvalue weighted by atomic mass is 79.9. The molecule has 0 aliphatic heterocycles. The fourth-order valence-electron chi connectivity index (χ4n) is 3.32. The van der Waals surface area contributed by atoms with Gasteiger partial charge in [-0.3, -0.25) is 14.2 Å². The molecule has 0 unspecified atom stereocenters. The van der Waals surface area contributed by atoms with Crippen molar-refractivity contribution in [1.82, 2.24) is 9.72 Å². The number of halogens is 1. The molecule has 0 N–H and O–H groups in total. The first-order valence-electron chi connectivity index (χ1n) is 9.47. The Labute approximate surface area is 188 Å². The Balaban J connectivity index is 1.68. The lowest BCUT2D eigenvalue weighted by Crippen LogP contribution is -2.16. The van der Waals surface area contributed by atoms with Crippen molar-refractivity contribution >= 4 is 27.7 Å². The van der Waals surface area contributed by atoms with Crippen molar-refractivity contribution < 1.29 is 28.3 Å². The third kappa shape index (κ3) is 4.82. The van der Waals surface area contributed by atoms with E-state index in [0.717, 1.165) is 5.69 Å². The lowest BCUT2D eigenvalue weighted by Gasteiger charge is -2.11. The van der Waals surface area contributed by atoms with Crippen molar-refractivity contribution in [3.8, 4) is 17.3 Å². The molecule has 1 aromatic carbocycles. The van der Waals surface area contributed by atoms with Crippen LogP contribution in [0.1, 0.15) is 33.1 Å². The highest BCUT2D eigenvalue weighted by Gasteiger charge is 2.20. The SMILES string of the molecule is COc1cc(Br)c(CC(=O)OCC(=O)c2cc(C)n(-c3cc(C)on3)c2C)cc1OC. The molecule has 0 bridgehead atoms. The molecule has 0 saturated carbocycles. The van der Waals surface area contributed by atoms with E-state index in [2.05, 4.69) is 21.1 Å². The zero-order valence-electron chi connectivity index (χ0n) is 17.9. The van der Waals surface area contributed by atoms with E-state index in [0.29, 0.717) is 44.4 Å². The number of carbonyl (C=O) groups is 2. The smallest absolute Gasteiger partial charge is 0.310 e. The van der Waals surface area contributed by atoms with Crippen LogP contribution in [0.3, 0.4) is 0 Å². The van der Waals surface area contributed by atoms with Gasteiger partial charge in [-0.2, -0.15) is 0 Å². The van der Waals surface area contributed by atoms with Gasteiger partial charge in [-0.1, -0.05) is 21.1 Å². The molecule has 31 heavy (non-hydrogen) atoms. The minimum absolute atomic E-state index is 0.0224. The topological polar surface area (TPSA) is 92.8 Å². The number of methoxy groups -OCH3 is 2. The van der Waals surface area contributed by atoms with Crippen LogP contribution in [0.15, 0.2) is 33.3 Å². The Morgan fingerprint density at radius 1 is 1.06 bits per heavy atom. The van der Waals surface area contributed by atoms with Gasteiger partial charge in [0.05, 0.1) is 20.6 Å². The zero-order chi connectivity index (χ0) is 22.7. The third-order valence-corrected chi connectivity index (χ3v) is 5.57. The fourth-order valence-corrected chi connectivity index (χ4v) is 3.78. The van der Waals surface area contributed by atoms with E-state index in [1.807, 2.05) is 18.4 Å². The minimum Gasteiger partial charge on any atom is -0.493 e. The number of Topliss-reactive ketones (excluding diaryl/α,β-unsaturated/α-hetero) is 1. The van der Waals surface area contributed by atoms with Crippen molar-refractivity contribution in [3.05, 3.63) is 57.0 Å². The second-order valence-electron chi connectivity index (χ2n) is 6.98. The molecule has 9 heteroatoms. The number of aromatic nitrogens is 2. The van der Waals surface area contributed by atoms with Gasteiger partial charge < -0.3 is 18.7 Å². The largest absolute Gasteiger partial charge is 0.493 e. The van der Waals surface area contributed by atoms with Gasteiger partial charge in [-0.25, -0.2) is 0 Å². The van der Waals surface area contributed by atoms with Crippen LogP contribution < -0.4 is 9.47 Å². The maximum absolute atomic E-state index is 12.7. The van der Waals surface area contributed by atoms with Gasteiger partial charge in [0.1, 0.15) is 5.76 Å². The standard InChI is InChI=1S/C22H23BrN2O6/c1-12-6-16(14(3)25(12)21-7-13(2)31-24-21)18(26)11-30-22(27)9-15-8-19(28-4)20(29-5)10-17(15)23/h6-8,10H,9,11H2,1-5H3. The summed E-state index contributed by atoms with van der Waals surface area (Å²) in [5, 5.41) is 4.00. The van der Waals surface area contributed by atoms with Gasteiger partial charge in [0, 0.05) is 27.5 Å². The Morgan fingerprint density at radius 2 is 1.74 bits per heavy atom. The molecule has 2 heterocycles. The second kappa shape index (κ2) is 9.38. The van der Waals surface area contributed by atoms with Crippen molar-refractivity contribution in [3.63, 3.8) is 0 Å². The maximum Gasteiger partial charge on any atom is 0.310 e. The molecular weight excluding hydrogens is 468 g/mol. The molecule has 0 fully saturated rings. The molecule has 0 spiro atoms. The summed E-state index contributed by atoms with van der Waals surface area (Å²) in [6, 6.07) is 6.95. The third-order valence-electron chi connectivity index (χ3n) is 4.83. The summed E-state index contributed by atoms with van der Waals surface area (Å²) in [7, 11) is 3.05. The molecule has 2 aromatic heterocycles. The van der Waals surface area contributed by atoms with Gasteiger partial charge in [0.25, 0.3) is 0 Å². The number of carbonyl (C=O) groups excluding carboxylic acids is 2. The summed E-state index contributed by atoms with van der Waals surface area (Å²) in [6.07, 6.45) is -0.0224. The maximum atomic E-state index is 12.7. The number of aryl methyl sites for hydroxylation is 2. The molecule has 0 saturated heterocycles. The number of nitrogens with zero attached hydrogens (tertiary/aromatic N) is 2. The molecule has 3 rings (SSSR count). The van der Waals surface area contributed by atoms with E-state index in [4.69, 9.17) is 18.7 Å². The Kier molecular flexibility index (Phi) is 6.84. The van der Waals surface area contributed by atoms with Crippen LogP contribution in [-0.2, 0) is 16.0 Å². The number of ether oxygens (including phenoxy) is 3. The zero-order valence-corrected chi connectivity index (χ0v) is 19.5. The molecule has 0 amide bonds. The van der Waals surface area contributed by atoms with Crippen molar-refractivity contribution in [2.24, 2.45) is 0 Å². The average Bonchev–Trinajstić information content (AvgIpc) is 3.29.